The van der Waals surface area contributed by atoms with Crippen LogP contribution in [0.4, 0.5) is 5.69 Å². The fourth-order valence-corrected chi connectivity index (χ4v) is 6.13. The van der Waals surface area contributed by atoms with Crippen molar-refractivity contribution in [1.29, 1.82) is 0 Å². The highest BCUT2D eigenvalue weighted by molar-refractivity contribution is 8.13. The highest BCUT2D eigenvalue weighted by Crippen LogP contribution is 2.40. The van der Waals surface area contributed by atoms with Gasteiger partial charge in [0, 0.05) is 46.5 Å². The zero-order valence-electron chi connectivity index (χ0n) is 19.0. The van der Waals surface area contributed by atoms with E-state index in [4.69, 9.17) is 15.1 Å². The average molecular weight is 525 g/mol. The monoisotopic (exact) mass is 524 g/mol. The van der Waals surface area contributed by atoms with Crippen LogP contribution in [0.3, 0.4) is 0 Å². The predicted octanol–water partition coefficient (Wildman–Crippen LogP) is 6.51. The summed E-state index contributed by atoms with van der Waals surface area (Å²) in [7, 11) is 1.64. The smallest absolute Gasteiger partial charge is 0.347 e. The van der Waals surface area contributed by atoms with Gasteiger partial charge in [0.1, 0.15) is 16.2 Å². The zero-order valence-corrected chi connectivity index (χ0v) is 21.4. The molecule has 0 fully saturated rings. The summed E-state index contributed by atoms with van der Waals surface area (Å²) in [6.07, 6.45) is 0. The second-order valence-electron chi connectivity index (χ2n) is 7.94. The Morgan fingerprint density at radius 2 is 1.71 bits per heavy atom. The normalized spacial score (nSPS) is 11.9. The van der Waals surface area contributed by atoms with Crippen LogP contribution in [-0.4, -0.2) is 26.5 Å². The lowest BCUT2D eigenvalue weighted by Crippen LogP contribution is -2.21. The molecule has 35 heavy (non-hydrogen) atoms. The molecule has 0 bridgehead atoms. The van der Waals surface area contributed by atoms with Gasteiger partial charge in [-0.15, -0.1) is 11.3 Å². The second kappa shape index (κ2) is 9.11. The molecule has 0 saturated heterocycles. The van der Waals surface area contributed by atoms with Gasteiger partial charge in [0.2, 0.25) is 0 Å². The number of rotatable bonds is 6. The minimum absolute atomic E-state index is 0.0142. The van der Waals surface area contributed by atoms with Crippen LogP contribution >= 0.6 is 22.0 Å². The molecule has 0 aliphatic rings. The number of fused-ring (bicyclic) bond motifs is 2. The van der Waals surface area contributed by atoms with Crippen LogP contribution in [0.15, 0.2) is 80.8 Å². The van der Waals surface area contributed by atoms with Crippen molar-refractivity contribution in [3.63, 3.8) is 0 Å². The third-order valence-electron chi connectivity index (χ3n) is 5.94. The summed E-state index contributed by atoms with van der Waals surface area (Å²) in [5.41, 5.74) is 3.48. The number of hydrogen-bond donors (Lipinski definition) is 0. The zero-order chi connectivity index (χ0) is 24.7. The largest absolute Gasteiger partial charge is 0.422 e. The van der Waals surface area contributed by atoms with Crippen LogP contribution < -0.4 is 10.5 Å². The molecular weight excluding hydrogens is 504 g/mol. The van der Waals surface area contributed by atoms with Crippen LogP contribution in [0, 0.1) is 0 Å². The Kier molecular flexibility index (Phi) is 6.13. The van der Waals surface area contributed by atoms with Gasteiger partial charge < -0.3 is 9.32 Å². The van der Waals surface area contributed by atoms with E-state index in [0.717, 1.165) is 35.3 Å². The molecule has 0 spiro atoms. The molecule has 0 atom stereocenters. The maximum Gasteiger partial charge on any atom is 0.347 e. The lowest BCUT2D eigenvalue weighted by atomic mass is 9.97. The maximum atomic E-state index is 13.4. The summed E-state index contributed by atoms with van der Waals surface area (Å²) in [6.45, 7) is 5.83. The van der Waals surface area contributed by atoms with Crippen molar-refractivity contribution in [2.75, 3.05) is 18.0 Å². The standard InChI is InChI=1S/C26H21ClN2O4S2/c1-3-29(4-2)17-10-12-19-21(14-17)33-26(30)24(23(19)16-8-6-5-7-9-16)25-28-20-13-11-18(35(27,31)32)15-22(20)34-25/h5-15H,3-4H2,1-2H3. The van der Waals surface area contributed by atoms with Crippen LogP contribution in [0.1, 0.15) is 13.8 Å². The van der Waals surface area contributed by atoms with Crippen molar-refractivity contribution < 1.29 is 12.8 Å². The molecule has 6 nitrogen and oxygen atoms in total. The van der Waals surface area contributed by atoms with Crippen molar-refractivity contribution >= 4 is 57.9 Å². The molecular formula is C26H21ClN2O4S2. The molecule has 0 aliphatic heterocycles. The van der Waals surface area contributed by atoms with E-state index in [0.29, 0.717) is 26.4 Å². The molecule has 0 N–H and O–H groups in total. The van der Waals surface area contributed by atoms with Crippen molar-refractivity contribution in [2.45, 2.75) is 18.7 Å². The fourth-order valence-electron chi connectivity index (χ4n) is 4.24. The van der Waals surface area contributed by atoms with Gasteiger partial charge in [-0.25, -0.2) is 18.2 Å². The van der Waals surface area contributed by atoms with Gasteiger partial charge in [-0.3, -0.25) is 0 Å². The first-order valence-corrected chi connectivity index (χ1v) is 14.2. The van der Waals surface area contributed by atoms with E-state index in [1.54, 1.807) is 6.07 Å². The molecule has 0 aliphatic carbocycles. The molecule has 5 rings (SSSR count). The number of thiazole rings is 1. The van der Waals surface area contributed by atoms with Crippen LogP contribution in [0.2, 0.25) is 0 Å². The molecule has 0 saturated carbocycles. The maximum absolute atomic E-state index is 13.4. The second-order valence-corrected chi connectivity index (χ2v) is 11.5. The van der Waals surface area contributed by atoms with Crippen molar-refractivity contribution in [3.05, 3.63) is 77.2 Å². The Hall–Kier alpha value is -3.20. The molecule has 3 aromatic carbocycles. The first-order valence-electron chi connectivity index (χ1n) is 11.1. The van der Waals surface area contributed by atoms with Gasteiger partial charge in [-0.2, -0.15) is 0 Å². The SMILES string of the molecule is CCN(CC)c1ccc2c(-c3ccccc3)c(-c3nc4ccc(S(=O)(=O)Cl)cc4s3)c(=O)oc2c1. The molecule has 5 aromatic rings. The molecule has 9 heteroatoms. The lowest BCUT2D eigenvalue weighted by Gasteiger charge is -2.21. The van der Waals surface area contributed by atoms with Crippen molar-refractivity contribution in [3.8, 4) is 21.7 Å². The third-order valence-corrected chi connectivity index (χ3v) is 8.32. The van der Waals surface area contributed by atoms with Crippen LogP contribution in [0.5, 0.6) is 0 Å². The van der Waals surface area contributed by atoms with E-state index < -0.39 is 14.7 Å². The van der Waals surface area contributed by atoms with Gasteiger partial charge in [-0.1, -0.05) is 30.3 Å². The summed E-state index contributed by atoms with van der Waals surface area (Å²) in [6, 6.07) is 20.0. The minimum atomic E-state index is -3.89. The van der Waals surface area contributed by atoms with Crippen LogP contribution in [-0.2, 0) is 9.05 Å². The van der Waals surface area contributed by atoms with E-state index >= 15 is 0 Å². The van der Waals surface area contributed by atoms with E-state index in [2.05, 4.69) is 23.7 Å². The van der Waals surface area contributed by atoms with Crippen LogP contribution in [0.25, 0.3) is 42.9 Å². The third kappa shape index (κ3) is 4.33. The topological polar surface area (TPSA) is 80.5 Å². The molecule has 0 radical (unpaired) electrons. The van der Waals surface area contributed by atoms with E-state index in [1.165, 1.54) is 23.5 Å². The first-order chi connectivity index (χ1) is 16.8. The van der Waals surface area contributed by atoms with Crippen molar-refractivity contribution in [1.82, 2.24) is 4.98 Å². The number of hydrogen-bond acceptors (Lipinski definition) is 7. The fraction of sp³-hybridized carbons (Fsp3) is 0.154. The summed E-state index contributed by atoms with van der Waals surface area (Å²) < 4.78 is 30.0. The number of benzene rings is 3. The molecule has 178 valence electrons. The Bertz CT molecular complexity index is 1720. The Labute approximate surface area is 210 Å². The number of nitrogens with zero attached hydrogens (tertiary/aromatic N) is 2. The average Bonchev–Trinajstić information content (AvgIpc) is 3.27. The Balaban J connectivity index is 1.80. The minimum Gasteiger partial charge on any atom is -0.422 e. The Morgan fingerprint density at radius 1 is 0.971 bits per heavy atom. The number of aromatic nitrogens is 1. The molecule has 2 aromatic heterocycles. The van der Waals surface area contributed by atoms with E-state index in [1.807, 2.05) is 48.5 Å². The summed E-state index contributed by atoms with van der Waals surface area (Å²) in [5.74, 6) is 0. The molecule has 0 unspecified atom stereocenters. The van der Waals surface area contributed by atoms with Gasteiger partial charge >= 0.3 is 5.63 Å². The summed E-state index contributed by atoms with van der Waals surface area (Å²) >= 11 is 1.23. The van der Waals surface area contributed by atoms with E-state index in [-0.39, 0.29) is 4.90 Å². The number of anilines is 1. The summed E-state index contributed by atoms with van der Waals surface area (Å²) in [4.78, 5) is 20.2. The Morgan fingerprint density at radius 3 is 2.40 bits per heavy atom. The lowest BCUT2D eigenvalue weighted by molar-refractivity contribution is 0.564. The van der Waals surface area contributed by atoms with Gasteiger partial charge in [0.15, 0.2) is 0 Å². The number of halogens is 1. The van der Waals surface area contributed by atoms with Gasteiger partial charge in [0.05, 0.1) is 15.1 Å². The summed E-state index contributed by atoms with van der Waals surface area (Å²) in [5, 5.41) is 1.25. The first kappa shape index (κ1) is 23.5. The van der Waals surface area contributed by atoms with Gasteiger partial charge in [0.25, 0.3) is 9.05 Å². The quantitative estimate of drug-likeness (QED) is 0.186. The molecule has 0 amide bonds. The molecule has 2 heterocycles. The van der Waals surface area contributed by atoms with Crippen molar-refractivity contribution in [2.24, 2.45) is 0 Å². The highest BCUT2D eigenvalue weighted by atomic mass is 35.7. The highest BCUT2D eigenvalue weighted by Gasteiger charge is 2.22. The van der Waals surface area contributed by atoms with Gasteiger partial charge in [-0.05, 0) is 49.7 Å². The predicted molar refractivity (Wildman–Crippen MR) is 143 cm³/mol. The van der Waals surface area contributed by atoms with E-state index in [9.17, 15) is 13.2 Å².